The van der Waals surface area contributed by atoms with Crippen LogP contribution in [0.2, 0.25) is 0 Å². The van der Waals surface area contributed by atoms with E-state index in [4.69, 9.17) is 0 Å². The fraction of sp³-hybridized carbons (Fsp3) is 0.455. The van der Waals surface area contributed by atoms with Crippen LogP contribution in [0.1, 0.15) is 17.9 Å². The van der Waals surface area contributed by atoms with Crippen molar-refractivity contribution in [3.05, 3.63) is 34.1 Å². The lowest BCUT2D eigenvalue weighted by Crippen LogP contribution is -2.31. The van der Waals surface area contributed by atoms with Gasteiger partial charge in [0.15, 0.2) is 0 Å². The summed E-state index contributed by atoms with van der Waals surface area (Å²) >= 11 is 5.29. The first-order chi connectivity index (χ1) is 7.16. The molecule has 0 spiro atoms. The second-order valence-corrected chi connectivity index (χ2v) is 5.89. The summed E-state index contributed by atoms with van der Waals surface area (Å²) in [5.41, 5.74) is 1.13. The van der Waals surface area contributed by atoms with Gasteiger partial charge in [0.25, 0.3) is 0 Å². The van der Waals surface area contributed by atoms with E-state index in [1.165, 1.54) is 12.1 Å². The highest BCUT2D eigenvalue weighted by Gasteiger charge is 2.21. The van der Waals surface area contributed by atoms with Crippen molar-refractivity contribution in [1.29, 1.82) is 0 Å². The van der Waals surface area contributed by atoms with Crippen LogP contribution in [0.3, 0.4) is 0 Å². The summed E-state index contributed by atoms with van der Waals surface area (Å²) in [5.74, 6) is 1.67. The smallest absolute Gasteiger partial charge is 0.124 e. The van der Waals surface area contributed by atoms with Crippen molar-refractivity contribution in [3.63, 3.8) is 0 Å². The average Bonchev–Trinajstić information content (AvgIpc) is 2.20. The van der Waals surface area contributed by atoms with Gasteiger partial charge in [0.2, 0.25) is 0 Å². The van der Waals surface area contributed by atoms with Crippen molar-refractivity contribution >= 4 is 27.7 Å². The maximum Gasteiger partial charge on any atom is 0.124 e. The standard InChI is InChI=1S/C11H13BrFNS/c1-7-5-14-11(15-6-7)9-3-2-8(13)4-10(9)12/h2-4,7,11,14H,5-6H2,1H3. The van der Waals surface area contributed by atoms with E-state index in [-0.39, 0.29) is 11.2 Å². The Morgan fingerprint density at radius 3 is 2.93 bits per heavy atom. The van der Waals surface area contributed by atoms with E-state index in [2.05, 4.69) is 28.2 Å². The second kappa shape index (κ2) is 4.85. The third-order valence-electron chi connectivity index (χ3n) is 2.44. The molecule has 1 N–H and O–H groups in total. The number of halogens is 2. The second-order valence-electron chi connectivity index (χ2n) is 3.89. The summed E-state index contributed by atoms with van der Waals surface area (Å²) in [4.78, 5) is 0. The third kappa shape index (κ3) is 2.74. The van der Waals surface area contributed by atoms with Crippen LogP contribution < -0.4 is 5.32 Å². The monoisotopic (exact) mass is 289 g/mol. The van der Waals surface area contributed by atoms with Gasteiger partial charge in [-0.25, -0.2) is 4.39 Å². The van der Waals surface area contributed by atoms with Crippen LogP contribution in [0.4, 0.5) is 4.39 Å². The SMILES string of the molecule is CC1CNC(c2ccc(F)cc2Br)SC1. The molecule has 4 heteroatoms. The maximum absolute atomic E-state index is 12.9. The van der Waals surface area contributed by atoms with Crippen molar-refractivity contribution in [2.75, 3.05) is 12.3 Å². The molecule has 1 fully saturated rings. The van der Waals surface area contributed by atoms with Gasteiger partial charge >= 0.3 is 0 Å². The number of rotatable bonds is 1. The molecule has 1 aliphatic rings. The van der Waals surface area contributed by atoms with E-state index >= 15 is 0 Å². The molecule has 2 unspecified atom stereocenters. The molecule has 1 aliphatic heterocycles. The Morgan fingerprint density at radius 2 is 2.33 bits per heavy atom. The Hall–Kier alpha value is -0.0600. The first kappa shape index (κ1) is 11.4. The highest BCUT2D eigenvalue weighted by Crippen LogP contribution is 2.35. The minimum absolute atomic E-state index is 0.195. The molecule has 1 aromatic rings. The number of hydrogen-bond acceptors (Lipinski definition) is 2. The molecule has 0 aliphatic carbocycles. The van der Waals surface area contributed by atoms with Crippen molar-refractivity contribution in [3.8, 4) is 0 Å². The summed E-state index contributed by atoms with van der Waals surface area (Å²) in [6.07, 6.45) is 0. The molecular formula is C11H13BrFNS. The van der Waals surface area contributed by atoms with Gasteiger partial charge in [-0.05, 0) is 35.9 Å². The van der Waals surface area contributed by atoms with E-state index in [1.54, 1.807) is 0 Å². The van der Waals surface area contributed by atoms with Crippen molar-refractivity contribution < 1.29 is 4.39 Å². The molecule has 1 aromatic carbocycles. The number of hydrogen-bond donors (Lipinski definition) is 1. The quantitative estimate of drug-likeness (QED) is 0.848. The molecule has 0 aromatic heterocycles. The molecule has 82 valence electrons. The average molecular weight is 290 g/mol. The van der Waals surface area contributed by atoms with Gasteiger partial charge < -0.3 is 5.32 Å². The molecule has 2 atom stereocenters. The van der Waals surface area contributed by atoms with Gasteiger partial charge in [0.1, 0.15) is 5.82 Å². The molecule has 1 saturated heterocycles. The van der Waals surface area contributed by atoms with E-state index in [1.807, 2.05) is 17.8 Å². The highest BCUT2D eigenvalue weighted by molar-refractivity contribution is 9.10. The lowest BCUT2D eigenvalue weighted by molar-refractivity contribution is 0.528. The first-order valence-electron chi connectivity index (χ1n) is 4.97. The van der Waals surface area contributed by atoms with Gasteiger partial charge in [-0.3, -0.25) is 0 Å². The van der Waals surface area contributed by atoms with Crippen LogP contribution in [0.5, 0.6) is 0 Å². The summed E-state index contributed by atoms with van der Waals surface area (Å²) in [5, 5.41) is 3.74. The predicted molar refractivity (Wildman–Crippen MR) is 66.5 cm³/mol. The summed E-state index contributed by atoms with van der Waals surface area (Å²) < 4.78 is 13.8. The molecule has 0 radical (unpaired) electrons. The van der Waals surface area contributed by atoms with Crippen LogP contribution in [0.25, 0.3) is 0 Å². The molecular weight excluding hydrogens is 277 g/mol. The van der Waals surface area contributed by atoms with E-state index in [9.17, 15) is 4.39 Å². The fourth-order valence-corrected chi connectivity index (χ4v) is 3.57. The Bertz CT molecular complexity index is 350. The first-order valence-corrected chi connectivity index (χ1v) is 6.81. The molecule has 15 heavy (non-hydrogen) atoms. The Morgan fingerprint density at radius 1 is 1.53 bits per heavy atom. The lowest BCUT2D eigenvalue weighted by Gasteiger charge is -2.28. The Labute approximate surface area is 102 Å². The topological polar surface area (TPSA) is 12.0 Å². The van der Waals surface area contributed by atoms with Crippen LogP contribution in [0.15, 0.2) is 22.7 Å². The van der Waals surface area contributed by atoms with Gasteiger partial charge in [-0.15, -0.1) is 11.8 Å². The molecule has 1 nitrogen and oxygen atoms in total. The predicted octanol–water partition coefficient (Wildman–Crippen LogP) is 3.56. The van der Waals surface area contributed by atoms with Crippen LogP contribution in [0, 0.1) is 11.7 Å². The summed E-state index contributed by atoms with van der Waals surface area (Å²) in [6, 6.07) is 4.88. The number of nitrogens with one attached hydrogen (secondary N) is 1. The van der Waals surface area contributed by atoms with E-state index < -0.39 is 0 Å². The normalized spacial score (nSPS) is 26.6. The van der Waals surface area contributed by atoms with Gasteiger partial charge in [0.05, 0.1) is 5.37 Å². The zero-order valence-electron chi connectivity index (χ0n) is 8.47. The fourth-order valence-electron chi connectivity index (χ4n) is 1.60. The molecule has 1 heterocycles. The van der Waals surface area contributed by atoms with Crippen molar-refractivity contribution in [2.24, 2.45) is 5.92 Å². The van der Waals surface area contributed by atoms with Crippen molar-refractivity contribution in [1.82, 2.24) is 5.32 Å². The molecule has 0 saturated carbocycles. The summed E-state index contributed by atoms with van der Waals surface area (Å²) in [7, 11) is 0. The Kier molecular flexibility index (Phi) is 3.69. The van der Waals surface area contributed by atoms with Gasteiger partial charge in [-0.1, -0.05) is 28.9 Å². The number of thioether (sulfide) groups is 1. The van der Waals surface area contributed by atoms with E-state index in [0.717, 1.165) is 22.3 Å². The largest absolute Gasteiger partial charge is 0.301 e. The molecule has 2 rings (SSSR count). The van der Waals surface area contributed by atoms with Crippen LogP contribution >= 0.6 is 27.7 Å². The highest BCUT2D eigenvalue weighted by atomic mass is 79.9. The lowest BCUT2D eigenvalue weighted by atomic mass is 10.2. The Balaban J connectivity index is 2.15. The van der Waals surface area contributed by atoms with Crippen LogP contribution in [-0.4, -0.2) is 12.3 Å². The number of benzene rings is 1. The minimum Gasteiger partial charge on any atom is -0.301 e. The zero-order valence-corrected chi connectivity index (χ0v) is 10.9. The molecule has 0 amide bonds. The van der Waals surface area contributed by atoms with Gasteiger partial charge in [-0.2, -0.15) is 0 Å². The molecule has 0 bridgehead atoms. The maximum atomic E-state index is 12.9. The minimum atomic E-state index is -0.195. The summed E-state index contributed by atoms with van der Waals surface area (Å²) in [6.45, 7) is 3.26. The third-order valence-corrected chi connectivity index (χ3v) is 4.65. The zero-order chi connectivity index (χ0) is 10.8. The van der Waals surface area contributed by atoms with Crippen molar-refractivity contribution in [2.45, 2.75) is 12.3 Å². The van der Waals surface area contributed by atoms with E-state index in [0.29, 0.717) is 5.92 Å². The van der Waals surface area contributed by atoms with Crippen LogP contribution in [-0.2, 0) is 0 Å². The van der Waals surface area contributed by atoms with Gasteiger partial charge in [0, 0.05) is 4.47 Å².